The number of rotatable bonds is 5. The lowest BCUT2D eigenvalue weighted by Gasteiger charge is -2.32. The summed E-state index contributed by atoms with van der Waals surface area (Å²) in [4.78, 5) is 9.67. The second-order valence-electron chi connectivity index (χ2n) is 6.07. The van der Waals surface area contributed by atoms with Crippen LogP contribution in [0.2, 0.25) is 0 Å². The van der Waals surface area contributed by atoms with E-state index < -0.39 is 0 Å². The zero-order chi connectivity index (χ0) is 15.3. The Hall–Kier alpha value is -1.00. The van der Waals surface area contributed by atoms with E-state index in [1.807, 2.05) is 7.05 Å². The van der Waals surface area contributed by atoms with E-state index in [1.165, 1.54) is 31.2 Å². The molecule has 1 aromatic rings. The van der Waals surface area contributed by atoms with E-state index in [4.69, 9.17) is 14.7 Å². The molecule has 0 saturated heterocycles. The zero-order valence-corrected chi connectivity index (χ0v) is 14.0. The lowest BCUT2D eigenvalue weighted by Crippen LogP contribution is -2.33. The highest BCUT2D eigenvalue weighted by Gasteiger charge is 2.37. The van der Waals surface area contributed by atoms with Gasteiger partial charge in [0.25, 0.3) is 0 Å². The van der Waals surface area contributed by atoms with Crippen molar-refractivity contribution in [2.45, 2.75) is 71.4 Å². The lowest BCUT2D eigenvalue weighted by atomic mass is 9.92. The number of ether oxygens (including phenoxy) is 1. The van der Waals surface area contributed by atoms with Crippen molar-refractivity contribution in [2.24, 2.45) is 0 Å². The van der Waals surface area contributed by atoms with Gasteiger partial charge in [-0.3, -0.25) is 0 Å². The SMILES string of the molecule is CCOC1(c2nc(C)c(CNC)c(C)n2)CCCCCC1. The molecule has 118 valence electrons. The third kappa shape index (κ3) is 3.61. The molecule has 1 saturated carbocycles. The average molecular weight is 291 g/mol. The number of hydrogen-bond acceptors (Lipinski definition) is 4. The van der Waals surface area contributed by atoms with Crippen molar-refractivity contribution in [1.82, 2.24) is 15.3 Å². The van der Waals surface area contributed by atoms with Crippen LogP contribution < -0.4 is 5.32 Å². The van der Waals surface area contributed by atoms with Crippen LogP contribution in [0.15, 0.2) is 0 Å². The molecule has 1 fully saturated rings. The molecule has 0 bridgehead atoms. The van der Waals surface area contributed by atoms with E-state index >= 15 is 0 Å². The van der Waals surface area contributed by atoms with Gasteiger partial charge in [0.2, 0.25) is 0 Å². The molecular weight excluding hydrogens is 262 g/mol. The fourth-order valence-electron chi connectivity index (χ4n) is 3.38. The Balaban J connectivity index is 2.40. The molecule has 0 radical (unpaired) electrons. The van der Waals surface area contributed by atoms with Crippen molar-refractivity contribution < 1.29 is 4.74 Å². The van der Waals surface area contributed by atoms with Crippen LogP contribution in [-0.4, -0.2) is 23.6 Å². The molecule has 21 heavy (non-hydrogen) atoms. The molecule has 1 aliphatic rings. The van der Waals surface area contributed by atoms with Crippen molar-refractivity contribution in [2.75, 3.05) is 13.7 Å². The minimum absolute atomic E-state index is 0.265. The Morgan fingerprint density at radius 2 is 1.62 bits per heavy atom. The third-order valence-electron chi connectivity index (χ3n) is 4.51. The van der Waals surface area contributed by atoms with Crippen LogP contribution in [0, 0.1) is 13.8 Å². The number of nitrogens with one attached hydrogen (secondary N) is 1. The van der Waals surface area contributed by atoms with Crippen molar-refractivity contribution in [1.29, 1.82) is 0 Å². The minimum Gasteiger partial charge on any atom is -0.367 e. The van der Waals surface area contributed by atoms with Gasteiger partial charge in [0.15, 0.2) is 5.82 Å². The summed E-state index contributed by atoms with van der Waals surface area (Å²) in [6.45, 7) is 7.78. The molecule has 0 spiro atoms. The first kappa shape index (κ1) is 16.4. The summed E-state index contributed by atoms with van der Waals surface area (Å²) in [6, 6.07) is 0. The molecule has 1 heterocycles. The van der Waals surface area contributed by atoms with Gasteiger partial charge >= 0.3 is 0 Å². The first-order valence-electron chi connectivity index (χ1n) is 8.26. The van der Waals surface area contributed by atoms with Crippen molar-refractivity contribution in [3.8, 4) is 0 Å². The normalized spacial score (nSPS) is 18.5. The molecule has 0 unspecified atom stereocenters. The van der Waals surface area contributed by atoms with Crippen LogP contribution in [0.1, 0.15) is 68.2 Å². The van der Waals surface area contributed by atoms with Crippen molar-refractivity contribution in [3.05, 3.63) is 22.8 Å². The fraction of sp³-hybridized carbons (Fsp3) is 0.765. The first-order valence-corrected chi connectivity index (χ1v) is 8.26. The number of aromatic nitrogens is 2. The highest BCUT2D eigenvalue weighted by molar-refractivity contribution is 5.25. The summed E-state index contributed by atoms with van der Waals surface area (Å²) in [5, 5.41) is 3.20. The summed E-state index contributed by atoms with van der Waals surface area (Å²) >= 11 is 0. The van der Waals surface area contributed by atoms with Gasteiger partial charge in [-0.2, -0.15) is 0 Å². The summed E-state index contributed by atoms with van der Waals surface area (Å²) in [5.41, 5.74) is 3.10. The molecule has 1 N–H and O–H groups in total. The van der Waals surface area contributed by atoms with Gasteiger partial charge in [-0.05, 0) is 40.7 Å². The maximum atomic E-state index is 6.21. The van der Waals surface area contributed by atoms with E-state index in [1.54, 1.807) is 0 Å². The molecule has 1 aliphatic carbocycles. The summed E-state index contributed by atoms with van der Waals surface area (Å²) in [6.07, 6.45) is 7.10. The Morgan fingerprint density at radius 3 is 2.10 bits per heavy atom. The molecular formula is C17H29N3O. The summed E-state index contributed by atoms with van der Waals surface area (Å²) in [5.74, 6) is 0.904. The van der Waals surface area contributed by atoms with Crippen LogP contribution in [0.5, 0.6) is 0 Å². The highest BCUT2D eigenvalue weighted by atomic mass is 16.5. The second kappa shape index (κ2) is 7.32. The van der Waals surface area contributed by atoms with Crippen molar-refractivity contribution >= 4 is 0 Å². The Morgan fingerprint density at radius 1 is 1.05 bits per heavy atom. The molecule has 4 nitrogen and oxygen atoms in total. The largest absolute Gasteiger partial charge is 0.367 e. The van der Waals surface area contributed by atoms with Crippen molar-refractivity contribution in [3.63, 3.8) is 0 Å². The van der Waals surface area contributed by atoms with E-state index in [0.717, 1.165) is 43.2 Å². The second-order valence-corrected chi connectivity index (χ2v) is 6.07. The third-order valence-corrected chi connectivity index (χ3v) is 4.51. The molecule has 0 aliphatic heterocycles. The van der Waals surface area contributed by atoms with E-state index in [9.17, 15) is 0 Å². The fourth-order valence-corrected chi connectivity index (χ4v) is 3.38. The monoisotopic (exact) mass is 291 g/mol. The minimum atomic E-state index is -0.265. The topological polar surface area (TPSA) is 47.0 Å². The number of hydrogen-bond donors (Lipinski definition) is 1. The van der Waals surface area contributed by atoms with Gasteiger partial charge < -0.3 is 10.1 Å². The van der Waals surface area contributed by atoms with Crippen LogP contribution >= 0.6 is 0 Å². The standard InChI is InChI=1S/C17H29N3O/c1-5-21-17(10-8-6-7-9-11-17)16-19-13(2)15(12-18-4)14(3)20-16/h18H,5-12H2,1-4H3. The number of nitrogens with zero attached hydrogens (tertiary/aromatic N) is 2. The highest BCUT2D eigenvalue weighted by Crippen LogP contribution is 2.38. The van der Waals surface area contributed by atoms with Gasteiger partial charge in [0.05, 0.1) is 0 Å². The van der Waals surface area contributed by atoms with Crippen LogP contribution in [0.3, 0.4) is 0 Å². The molecule has 0 amide bonds. The van der Waals surface area contributed by atoms with Crippen LogP contribution in [-0.2, 0) is 16.9 Å². The zero-order valence-electron chi connectivity index (χ0n) is 14.0. The lowest BCUT2D eigenvalue weighted by molar-refractivity contribution is -0.0626. The Labute approximate surface area is 128 Å². The Bertz CT molecular complexity index is 442. The molecule has 0 atom stereocenters. The van der Waals surface area contributed by atoms with Crippen LogP contribution in [0.25, 0.3) is 0 Å². The van der Waals surface area contributed by atoms with Gasteiger partial charge in [0, 0.05) is 30.1 Å². The molecule has 1 aromatic heterocycles. The Kier molecular flexibility index (Phi) is 5.71. The first-order chi connectivity index (χ1) is 10.1. The smallest absolute Gasteiger partial charge is 0.160 e. The van der Waals surface area contributed by atoms with Gasteiger partial charge in [-0.1, -0.05) is 25.7 Å². The van der Waals surface area contributed by atoms with E-state index in [-0.39, 0.29) is 5.60 Å². The molecule has 2 rings (SSSR count). The van der Waals surface area contributed by atoms with Gasteiger partial charge in [-0.15, -0.1) is 0 Å². The van der Waals surface area contributed by atoms with E-state index in [0.29, 0.717) is 0 Å². The molecule has 0 aromatic carbocycles. The maximum absolute atomic E-state index is 6.21. The maximum Gasteiger partial charge on any atom is 0.160 e. The van der Waals surface area contributed by atoms with E-state index in [2.05, 4.69) is 26.1 Å². The number of aryl methyl sites for hydroxylation is 2. The van der Waals surface area contributed by atoms with Gasteiger partial charge in [0.1, 0.15) is 5.60 Å². The van der Waals surface area contributed by atoms with Gasteiger partial charge in [-0.25, -0.2) is 9.97 Å². The van der Waals surface area contributed by atoms with Crippen LogP contribution in [0.4, 0.5) is 0 Å². The quantitative estimate of drug-likeness (QED) is 0.845. The predicted octanol–water partition coefficient (Wildman–Crippen LogP) is 3.40. The predicted molar refractivity (Wildman–Crippen MR) is 85.3 cm³/mol. The molecule has 4 heteroatoms. The summed E-state index contributed by atoms with van der Waals surface area (Å²) < 4.78 is 6.21. The summed E-state index contributed by atoms with van der Waals surface area (Å²) in [7, 11) is 1.96. The average Bonchev–Trinajstić information content (AvgIpc) is 2.69.